The second-order valence-corrected chi connectivity index (χ2v) is 3.03. The van der Waals surface area contributed by atoms with Crippen LogP contribution in [0.5, 0.6) is 0 Å². The number of hydrogen-bond acceptors (Lipinski definition) is 4. The van der Waals surface area contributed by atoms with Crippen molar-refractivity contribution >= 4 is 5.82 Å². The fraction of sp³-hybridized carbons (Fsp3) is 0.556. The maximum absolute atomic E-state index is 8.64. The Bertz CT molecular complexity index is 248. The highest BCUT2D eigenvalue weighted by atomic mass is 16.3. The van der Waals surface area contributed by atoms with E-state index in [1.165, 1.54) is 0 Å². The van der Waals surface area contributed by atoms with Crippen molar-refractivity contribution < 1.29 is 5.11 Å². The predicted octanol–water partition coefficient (Wildman–Crippen LogP) is 0.604. The van der Waals surface area contributed by atoms with Gasteiger partial charge in [0.2, 0.25) is 0 Å². The van der Waals surface area contributed by atoms with Crippen molar-refractivity contribution in [1.82, 2.24) is 10.2 Å². The number of nitrogens with zero attached hydrogens (tertiary/aromatic N) is 3. The molecule has 0 unspecified atom stereocenters. The zero-order chi connectivity index (χ0) is 9.68. The lowest BCUT2D eigenvalue weighted by Crippen LogP contribution is -2.20. The summed E-state index contributed by atoms with van der Waals surface area (Å²) in [5.74, 6) is 0.846. The normalized spacial score (nSPS) is 10.1. The van der Waals surface area contributed by atoms with Crippen molar-refractivity contribution in [2.75, 3.05) is 25.1 Å². The molecule has 1 rings (SSSR count). The molecule has 0 spiro atoms. The molecule has 0 atom stereocenters. The molecule has 0 aromatic carbocycles. The Kier molecular flexibility index (Phi) is 3.64. The number of rotatable bonds is 4. The van der Waals surface area contributed by atoms with Crippen LogP contribution in [0.25, 0.3) is 0 Å². The van der Waals surface area contributed by atoms with E-state index in [-0.39, 0.29) is 6.61 Å². The van der Waals surface area contributed by atoms with Gasteiger partial charge in [-0.2, -0.15) is 5.10 Å². The molecule has 1 aromatic rings. The lowest BCUT2D eigenvalue weighted by Gasteiger charge is -2.16. The molecule has 4 nitrogen and oxygen atoms in total. The van der Waals surface area contributed by atoms with Crippen LogP contribution in [0.3, 0.4) is 0 Å². The number of aliphatic hydroxyl groups is 1. The Morgan fingerprint density at radius 1 is 1.38 bits per heavy atom. The van der Waals surface area contributed by atoms with Gasteiger partial charge in [0.15, 0.2) is 5.82 Å². The molecule has 1 N–H and O–H groups in total. The van der Waals surface area contributed by atoms with Gasteiger partial charge in [-0.15, -0.1) is 5.10 Å². The van der Waals surface area contributed by atoms with Gasteiger partial charge in [-0.3, -0.25) is 0 Å². The lowest BCUT2D eigenvalue weighted by molar-refractivity contribution is 0.290. The molecule has 0 radical (unpaired) electrons. The van der Waals surface area contributed by atoms with E-state index in [0.29, 0.717) is 0 Å². The van der Waals surface area contributed by atoms with Crippen molar-refractivity contribution in [1.29, 1.82) is 0 Å². The van der Waals surface area contributed by atoms with Crippen molar-refractivity contribution in [3.8, 4) is 0 Å². The maximum Gasteiger partial charge on any atom is 0.150 e. The average molecular weight is 181 g/mol. The van der Waals surface area contributed by atoms with Crippen molar-refractivity contribution in [2.24, 2.45) is 0 Å². The summed E-state index contributed by atoms with van der Waals surface area (Å²) in [6, 6.07) is 3.86. The van der Waals surface area contributed by atoms with Crippen LogP contribution in [0.1, 0.15) is 12.1 Å². The Morgan fingerprint density at radius 3 is 2.69 bits per heavy atom. The van der Waals surface area contributed by atoms with E-state index in [1.54, 1.807) is 0 Å². The fourth-order valence-electron chi connectivity index (χ4n) is 1.02. The smallest absolute Gasteiger partial charge is 0.150 e. The molecule has 0 aliphatic carbocycles. The molecule has 0 amide bonds. The fourth-order valence-corrected chi connectivity index (χ4v) is 1.02. The Balaban J connectivity index is 2.55. The molecule has 0 fully saturated rings. The summed E-state index contributed by atoms with van der Waals surface area (Å²) in [7, 11) is 1.94. The van der Waals surface area contributed by atoms with Gasteiger partial charge >= 0.3 is 0 Å². The molecule has 4 heteroatoms. The Morgan fingerprint density at radius 2 is 2.15 bits per heavy atom. The lowest BCUT2D eigenvalue weighted by atomic mass is 10.4. The molecule has 72 valence electrons. The van der Waals surface area contributed by atoms with Crippen LogP contribution in [-0.4, -0.2) is 35.5 Å². The number of aromatic nitrogens is 2. The predicted molar refractivity (Wildman–Crippen MR) is 51.7 cm³/mol. The third kappa shape index (κ3) is 2.99. The summed E-state index contributed by atoms with van der Waals surface area (Å²) in [4.78, 5) is 1.97. The molecular formula is C9H15N3O. The molecule has 0 saturated carbocycles. The van der Waals surface area contributed by atoms with Gasteiger partial charge < -0.3 is 10.0 Å². The highest BCUT2D eigenvalue weighted by Crippen LogP contribution is 2.06. The van der Waals surface area contributed by atoms with Crippen molar-refractivity contribution in [3.63, 3.8) is 0 Å². The molecule has 0 saturated heterocycles. The number of hydrogen-bond donors (Lipinski definition) is 1. The van der Waals surface area contributed by atoms with Gasteiger partial charge in [0.1, 0.15) is 0 Å². The molecule has 0 bridgehead atoms. The second kappa shape index (κ2) is 4.77. The quantitative estimate of drug-likeness (QED) is 0.739. The molecular weight excluding hydrogens is 166 g/mol. The average Bonchev–Trinajstić information content (AvgIpc) is 2.15. The Hall–Kier alpha value is -1.16. The van der Waals surface area contributed by atoms with E-state index in [4.69, 9.17) is 5.11 Å². The summed E-state index contributed by atoms with van der Waals surface area (Å²) in [5, 5.41) is 16.6. The van der Waals surface area contributed by atoms with Crippen molar-refractivity contribution in [2.45, 2.75) is 13.3 Å². The topological polar surface area (TPSA) is 49.2 Å². The third-order valence-electron chi connectivity index (χ3n) is 1.83. The van der Waals surface area contributed by atoms with Gasteiger partial charge in [0, 0.05) is 20.2 Å². The van der Waals surface area contributed by atoms with E-state index in [1.807, 2.05) is 31.0 Å². The van der Waals surface area contributed by atoms with Crippen LogP contribution < -0.4 is 4.90 Å². The van der Waals surface area contributed by atoms with E-state index in [2.05, 4.69) is 10.2 Å². The second-order valence-electron chi connectivity index (χ2n) is 3.03. The van der Waals surface area contributed by atoms with E-state index in [9.17, 15) is 0 Å². The molecule has 0 aliphatic rings. The van der Waals surface area contributed by atoms with Crippen molar-refractivity contribution in [3.05, 3.63) is 17.8 Å². The van der Waals surface area contributed by atoms with E-state index >= 15 is 0 Å². The minimum absolute atomic E-state index is 0.212. The first kappa shape index (κ1) is 9.92. The molecule has 0 aliphatic heterocycles. The first-order valence-corrected chi connectivity index (χ1v) is 4.36. The molecule has 1 heterocycles. The first-order chi connectivity index (χ1) is 6.24. The molecule has 13 heavy (non-hydrogen) atoms. The number of anilines is 1. The van der Waals surface area contributed by atoms with Crippen LogP contribution in [-0.2, 0) is 0 Å². The standard InChI is InChI=1S/C9H15N3O/c1-8-4-5-9(11-10-8)12(2)6-3-7-13/h4-5,13H,3,6-7H2,1-2H3. The third-order valence-corrected chi connectivity index (χ3v) is 1.83. The summed E-state index contributed by atoms with van der Waals surface area (Å²) in [6.45, 7) is 2.92. The number of aliphatic hydroxyl groups excluding tert-OH is 1. The van der Waals surface area contributed by atoms with Gasteiger partial charge in [-0.05, 0) is 25.5 Å². The zero-order valence-electron chi connectivity index (χ0n) is 8.06. The minimum Gasteiger partial charge on any atom is -0.396 e. The highest BCUT2D eigenvalue weighted by Gasteiger charge is 2.00. The summed E-state index contributed by atoms with van der Waals surface area (Å²) >= 11 is 0. The van der Waals surface area contributed by atoms with Crippen LogP contribution in [0, 0.1) is 6.92 Å². The van der Waals surface area contributed by atoms with Gasteiger partial charge in [0.05, 0.1) is 5.69 Å². The van der Waals surface area contributed by atoms with Gasteiger partial charge in [-0.25, -0.2) is 0 Å². The largest absolute Gasteiger partial charge is 0.396 e. The van der Waals surface area contributed by atoms with E-state index in [0.717, 1.165) is 24.5 Å². The highest BCUT2D eigenvalue weighted by molar-refractivity contribution is 5.35. The minimum atomic E-state index is 0.212. The van der Waals surface area contributed by atoms with Crippen LogP contribution in [0.15, 0.2) is 12.1 Å². The maximum atomic E-state index is 8.64. The van der Waals surface area contributed by atoms with E-state index < -0.39 is 0 Å². The number of aryl methyl sites for hydroxylation is 1. The van der Waals surface area contributed by atoms with Crippen LogP contribution in [0.4, 0.5) is 5.82 Å². The van der Waals surface area contributed by atoms with Gasteiger partial charge in [-0.1, -0.05) is 0 Å². The van der Waals surface area contributed by atoms with Crippen LogP contribution in [0.2, 0.25) is 0 Å². The molecule has 1 aromatic heterocycles. The Labute approximate surface area is 78.2 Å². The van der Waals surface area contributed by atoms with Crippen LogP contribution >= 0.6 is 0 Å². The van der Waals surface area contributed by atoms with Gasteiger partial charge in [0.25, 0.3) is 0 Å². The SMILES string of the molecule is Cc1ccc(N(C)CCCO)nn1. The monoisotopic (exact) mass is 181 g/mol. The first-order valence-electron chi connectivity index (χ1n) is 4.36. The summed E-state index contributed by atoms with van der Waals surface area (Å²) in [6.07, 6.45) is 0.756. The summed E-state index contributed by atoms with van der Waals surface area (Å²) < 4.78 is 0. The zero-order valence-corrected chi connectivity index (χ0v) is 8.06. The summed E-state index contributed by atoms with van der Waals surface area (Å²) in [5.41, 5.74) is 0.916.